The number of hydrogen-bond acceptors (Lipinski definition) is 5. The first-order chi connectivity index (χ1) is 12.7. The average molecular weight is 384 g/mol. The van der Waals surface area contributed by atoms with E-state index in [-0.39, 0.29) is 5.56 Å². The van der Waals surface area contributed by atoms with Crippen molar-refractivity contribution in [1.29, 1.82) is 0 Å². The topological polar surface area (TPSA) is 57.0 Å². The molecule has 0 bridgehead atoms. The minimum Gasteiger partial charge on any atom is -0.491 e. The molecule has 0 N–H and O–H groups in total. The van der Waals surface area contributed by atoms with Gasteiger partial charge in [0.15, 0.2) is 0 Å². The first-order valence-electron chi connectivity index (χ1n) is 8.00. The highest BCUT2D eigenvalue weighted by atomic mass is 35.5. The lowest BCUT2D eigenvalue weighted by Crippen LogP contribution is -2.25. The van der Waals surface area contributed by atoms with Gasteiger partial charge < -0.3 is 4.74 Å². The summed E-state index contributed by atoms with van der Waals surface area (Å²) in [7, 11) is 0. The van der Waals surface area contributed by atoms with Crippen LogP contribution < -0.4 is 10.3 Å². The van der Waals surface area contributed by atoms with Crippen LogP contribution in [-0.2, 0) is 6.54 Å². The summed E-state index contributed by atoms with van der Waals surface area (Å²) in [6, 6.07) is 14.5. The predicted octanol–water partition coefficient (Wildman–Crippen LogP) is 4.25. The van der Waals surface area contributed by atoms with Crippen LogP contribution in [0.4, 0.5) is 0 Å². The van der Waals surface area contributed by atoms with Gasteiger partial charge in [0, 0.05) is 22.7 Å². The van der Waals surface area contributed by atoms with Crippen LogP contribution in [0.5, 0.6) is 5.75 Å². The van der Waals surface area contributed by atoms with Gasteiger partial charge in [-0.1, -0.05) is 17.7 Å². The second-order valence-corrected chi connectivity index (χ2v) is 6.96. The first kappa shape index (κ1) is 16.8. The summed E-state index contributed by atoms with van der Waals surface area (Å²) in [5.41, 5.74) is 1.40. The Hall–Kier alpha value is -2.70. The molecule has 0 radical (unpaired) electrons. The number of aromatic nitrogens is 3. The van der Waals surface area contributed by atoms with E-state index >= 15 is 0 Å². The van der Waals surface area contributed by atoms with Gasteiger partial charge >= 0.3 is 0 Å². The quantitative estimate of drug-likeness (QED) is 0.517. The van der Waals surface area contributed by atoms with Crippen molar-refractivity contribution < 1.29 is 4.74 Å². The second kappa shape index (κ2) is 7.27. The molecule has 0 atom stereocenters. The van der Waals surface area contributed by atoms with Crippen LogP contribution in [0.15, 0.2) is 64.9 Å². The molecular formula is C19H14ClN3O2S. The van der Waals surface area contributed by atoms with Crippen molar-refractivity contribution in [2.45, 2.75) is 6.54 Å². The van der Waals surface area contributed by atoms with Crippen LogP contribution >= 0.6 is 22.9 Å². The van der Waals surface area contributed by atoms with Crippen molar-refractivity contribution in [3.8, 4) is 16.3 Å². The summed E-state index contributed by atoms with van der Waals surface area (Å²) in [5.74, 6) is 0.703. The summed E-state index contributed by atoms with van der Waals surface area (Å²) in [6.07, 6.45) is 1.68. The molecule has 0 aliphatic heterocycles. The van der Waals surface area contributed by atoms with E-state index in [2.05, 4.69) is 10.1 Å². The number of rotatable bonds is 5. The van der Waals surface area contributed by atoms with Gasteiger partial charge in [0.05, 0.1) is 16.9 Å². The molecular weight excluding hydrogens is 370 g/mol. The maximum Gasteiger partial charge on any atom is 0.266 e. The number of benzene rings is 1. The van der Waals surface area contributed by atoms with E-state index in [0.717, 1.165) is 21.5 Å². The fourth-order valence-corrected chi connectivity index (χ4v) is 3.48. The molecule has 0 saturated carbocycles. The third-order valence-electron chi connectivity index (χ3n) is 3.87. The Kier molecular flexibility index (Phi) is 4.69. The van der Waals surface area contributed by atoms with Crippen LogP contribution in [0.3, 0.4) is 0 Å². The zero-order valence-electron chi connectivity index (χ0n) is 13.6. The molecule has 0 aliphatic carbocycles. The van der Waals surface area contributed by atoms with Gasteiger partial charge in [0.2, 0.25) is 0 Å². The first-order valence-corrected chi connectivity index (χ1v) is 9.25. The monoisotopic (exact) mass is 383 g/mol. The molecule has 3 aromatic heterocycles. The van der Waals surface area contributed by atoms with Crippen molar-refractivity contribution >= 4 is 33.8 Å². The standard InChI is InChI=1S/C19H14ClN3O2S/c20-13-3-4-14-16(12-13)21-8-7-17(14)25-10-9-23-19(24)6-5-15(22-23)18-2-1-11-26-18/h1-8,11-12H,9-10H2. The number of ether oxygens (including phenoxy) is 1. The fourth-order valence-electron chi connectivity index (χ4n) is 2.63. The summed E-state index contributed by atoms with van der Waals surface area (Å²) in [5, 5.41) is 7.91. The molecule has 7 heteroatoms. The number of pyridine rings is 1. The van der Waals surface area contributed by atoms with Crippen LogP contribution in [-0.4, -0.2) is 21.4 Å². The van der Waals surface area contributed by atoms with E-state index in [0.29, 0.717) is 23.9 Å². The second-order valence-electron chi connectivity index (χ2n) is 5.58. The van der Waals surface area contributed by atoms with Crippen LogP contribution in [0.2, 0.25) is 5.02 Å². The molecule has 5 nitrogen and oxygen atoms in total. The largest absolute Gasteiger partial charge is 0.491 e. The van der Waals surface area contributed by atoms with Crippen molar-refractivity contribution in [3.63, 3.8) is 0 Å². The molecule has 0 amide bonds. The lowest BCUT2D eigenvalue weighted by atomic mass is 10.2. The van der Waals surface area contributed by atoms with E-state index in [1.807, 2.05) is 23.6 Å². The predicted molar refractivity (Wildman–Crippen MR) is 104 cm³/mol. The number of hydrogen-bond donors (Lipinski definition) is 0. The number of fused-ring (bicyclic) bond motifs is 1. The number of thiophene rings is 1. The van der Waals surface area contributed by atoms with Crippen LogP contribution in [0, 0.1) is 0 Å². The number of nitrogens with zero attached hydrogens (tertiary/aromatic N) is 3. The summed E-state index contributed by atoms with van der Waals surface area (Å²) < 4.78 is 7.29. The van der Waals surface area contributed by atoms with Crippen molar-refractivity contribution in [2.75, 3.05) is 6.61 Å². The lowest BCUT2D eigenvalue weighted by Gasteiger charge is -2.10. The van der Waals surface area contributed by atoms with E-state index in [9.17, 15) is 4.79 Å². The van der Waals surface area contributed by atoms with Gasteiger partial charge in [-0.25, -0.2) is 4.68 Å². The van der Waals surface area contributed by atoms with Gasteiger partial charge in [-0.05, 0) is 41.8 Å². The summed E-state index contributed by atoms with van der Waals surface area (Å²) >= 11 is 7.59. The summed E-state index contributed by atoms with van der Waals surface area (Å²) in [6.45, 7) is 0.679. The van der Waals surface area contributed by atoms with E-state index < -0.39 is 0 Å². The van der Waals surface area contributed by atoms with Crippen molar-refractivity contribution in [3.05, 3.63) is 75.5 Å². The number of halogens is 1. The van der Waals surface area contributed by atoms with E-state index in [4.69, 9.17) is 16.3 Å². The SMILES string of the molecule is O=c1ccc(-c2cccs2)nn1CCOc1ccnc2cc(Cl)ccc12. The molecule has 130 valence electrons. The zero-order valence-corrected chi connectivity index (χ0v) is 15.2. The molecule has 0 saturated heterocycles. The fraction of sp³-hybridized carbons (Fsp3) is 0.105. The van der Waals surface area contributed by atoms with Gasteiger partial charge in [0.1, 0.15) is 18.1 Å². The average Bonchev–Trinajstić information content (AvgIpc) is 3.18. The maximum atomic E-state index is 12.1. The normalized spacial score (nSPS) is 11.0. The van der Waals surface area contributed by atoms with Gasteiger partial charge in [-0.2, -0.15) is 5.10 Å². The Morgan fingerprint density at radius 2 is 2.08 bits per heavy atom. The molecule has 0 aliphatic rings. The molecule has 0 spiro atoms. The van der Waals surface area contributed by atoms with E-state index in [1.54, 1.807) is 41.8 Å². The molecule has 4 aromatic rings. The minimum atomic E-state index is -0.153. The third-order valence-corrected chi connectivity index (χ3v) is 4.99. The van der Waals surface area contributed by atoms with Crippen LogP contribution in [0.25, 0.3) is 21.5 Å². The highest BCUT2D eigenvalue weighted by Crippen LogP contribution is 2.26. The van der Waals surface area contributed by atoms with Crippen LogP contribution in [0.1, 0.15) is 0 Å². The maximum absolute atomic E-state index is 12.1. The minimum absolute atomic E-state index is 0.153. The summed E-state index contributed by atoms with van der Waals surface area (Å²) in [4.78, 5) is 17.4. The molecule has 1 aromatic carbocycles. The smallest absolute Gasteiger partial charge is 0.266 e. The molecule has 26 heavy (non-hydrogen) atoms. The van der Waals surface area contributed by atoms with Crippen molar-refractivity contribution in [1.82, 2.24) is 14.8 Å². The lowest BCUT2D eigenvalue weighted by molar-refractivity contribution is 0.291. The molecule has 0 unspecified atom stereocenters. The molecule has 0 fully saturated rings. The highest BCUT2D eigenvalue weighted by Gasteiger charge is 2.07. The highest BCUT2D eigenvalue weighted by molar-refractivity contribution is 7.13. The van der Waals surface area contributed by atoms with Gasteiger partial charge in [-0.15, -0.1) is 11.3 Å². The van der Waals surface area contributed by atoms with Gasteiger partial charge in [0.25, 0.3) is 5.56 Å². The molecule has 3 heterocycles. The third kappa shape index (κ3) is 3.47. The Morgan fingerprint density at radius 1 is 1.15 bits per heavy atom. The van der Waals surface area contributed by atoms with Crippen molar-refractivity contribution in [2.24, 2.45) is 0 Å². The Labute approximate surface area is 158 Å². The Bertz CT molecular complexity index is 1110. The van der Waals surface area contributed by atoms with E-state index in [1.165, 1.54) is 10.7 Å². The Morgan fingerprint density at radius 3 is 2.92 bits per heavy atom. The zero-order chi connectivity index (χ0) is 17.9. The Balaban J connectivity index is 1.52. The molecule has 4 rings (SSSR count). The van der Waals surface area contributed by atoms with Gasteiger partial charge in [-0.3, -0.25) is 9.78 Å².